The Morgan fingerprint density at radius 3 is 2.62 bits per heavy atom. The second-order valence-electron chi connectivity index (χ2n) is 6.35. The van der Waals surface area contributed by atoms with Crippen LogP contribution < -0.4 is 0 Å². The maximum absolute atomic E-state index is 11.9. The van der Waals surface area contributed by atoms with Crippen molar-refractivity contribution >= 4 is 6.09 Å². The molecule has 1 unspecified atom stereocenters. The van der Waals surface area contributed by atoms with E-state index in [1.165, 1.54) is 12.0 Å². The predicted molar refractivity (Wildman–Crippen MR) is 63.2 cm³/mol. The Bertz CT molecular complexity index is 342. The minimum atomic E-state index is -0.406. The van der Waals surface area contributed by atoms with Gasteiger partial charge in [0, 0.05) is 18.5 Å². The third-order valence-corrected chi connectivity index (χ3v) is 3.60. The van der Waals surface area contributed by atoms with Crippen LogP contribution in [0.5, 0.6) is 0 Å². The van der Waals surface area contributed by atoms with Gasteiger partial charge < -0.3 is 9.64 Å². The van der Waals surface area contributed by atoms with E-state index in [0.717, 1.165) is 13.1 Å². The summed E-state index contributed by atoms with van der Waals surface area (Å²) in [7, 11) is 0. The van der Waals surface area contributed by atoms with Gasteiger partial charge >= 0.3 is 6.09 Å². The molecule has 3 aliphatic rings. The van der Waals surface area contributed by atoms with Crippen LogP contribution in [0.4, 0.5) is 4.79 Å². The molecule has 1 saturated carbocycles. The van der Waals surface area contributed by atoms with Crippen LogP contribution in [0.2, 0.25) is 0 Å². The minimum absolute atomic E-state index is 0.139. The Labute approximate surface area is 97.5 Å². The summed E-state index contributed by atoms with van der Waals surface area (Å²) in [5, 5.41) is 0. The molecule has 0 aromatic carbocycles. The summed E-state index contributed by atoms with van der Waals surface area (Å²) >= 11 is 0. The molecule has 2 bridgehead atoms. The van der Waals surface area contributed by atoms with Gasteiger partial charge in [-0.25, -0.2) is 4.79 Å². The number of fused-ring (bicyclic) bond motifs is 2. The van der Waals surface area contributed by atoms with Gasteiger partial charge in [-0.3, -0.25) is 0 Å². The van der Waals surface area contributed by atoms with E-state index in [4.69, 9.17) is 4.74 Å². The number of rotatable bonds is 0. The average Bonchev–Trinajstić information content (AvgIpc) is 2.13. The van der Waals surface area contributed by atoms with Crippen molar-refractivity contribution in [2.75, 3.05) is 13.1 Å². The largest absolute Gasteiger partial charge is 0.444 e. The van der Waals surface area contributed by atoms with Gasteiger partial charge in [-0.2, -0.15) is 0 Å². The van der Waals surface area contributed by atoms with Crippen LogP contribution in [-0.4, -0.2) is 29.7 Å². The normalized spacial score (nSPS) is 33.4. The molecule has 1 aliphatic carbocycles. The minimum Gasteiger partial charge on any atom is -0.444 e. The second-order valence-corrected chi connectivity index (χ2v) is 6.35. The van der Waals surface area contributed by atoms with Crippen LogP contribution >= 0.6 is 0 Å². The lowest BCUT2D eigenvalue weighted by molar-refractivity contribution is -0.0181. The number of hydrogen-bond acceptors (Lipinski definition) is 2. The number of piperidine rings is 2. The predicted octanol–water partition coefficient (Wildman–Crippen LogP) is 2.82. The summed E-state index contributed by atoms with van der Waals surface area (Å²) < 4.78 is 5.38. The van der Waals surface area contributed by atoms with E-state index in [-0.39, 0.29) is 11.5 Å². The molecule has 16 heavy (non-hydrogen) atoms. The molecular formula is C13H21NO2. The van der Waals surface area contributed by atoms with Crippen molar-refractivity contribution in [2.24, 2.45) is 11.3 Å². The molecule has 3 heteroatoms. The fourth-order valence-electron chi connectivity index (χ4n) is 2.72. The standard InChI is InChI=1S/C13H21NO2/c1-9-10-6-13(9,5)8-14(7-10)11(15)16-12(2,3)4/h10H,1,6-8H2,2-5H3/t10?,13-/m1/s1. The first-order valence-corrected chi connectivity index (χ1v) is 5.88. The maximum atomic E-state index is 11.9. The van der Waals surface area contributed by atoms with E-state index in [0.29, 0.717) is 5.92 Å². The SMILES string of the molecule is C=C1C2CN(C(=O)OC(C)(C)C)C[C@@]1(C)C2. The lowest BCUT2D eigenvalue weighted by Gasteiger charge is -2.56. The van der Waals surface area contributed by atoms with Crippen molar-refractivity contribution in [3.8, 4) is 0 Å². The molecule has 0 aromatic heterocycles. The van der Waals surface area contributed by atoms with Gasteiger partial charge in [0.1, 0.15) is 5.60 Å². The molecule has 2 heterocycles. The number of carbonyl (C=O) groups is 1. The molecule has 2 atom stereocenters. The molecule has 1 amide bonds. The van der Waals surface area contributed by atoms with Gasteiger partial charge in [0.2, 0.25) is 0 Å². The molecule has 0 spiro atoms. The van der Waals surface area contributed by atoms with E-state index < -0.39 is 5.60 Å². The first kappa shape index (κ1) is 11.5. The Morgan fingerprint density at radius 2 is 2.19 bits per heavy atom. The smallest absolute Gasteiger partial charge is 0.410 e. The molecule has 2 aliphatic heterocycles. The van der Waals surface area contributed by atoms with E-state index >= 15 is 0 Å². The van der Waals surface area contributed by atoms with Gasteiger partial charge in [0.05, 0.1) is 0 Å². The van der Waals surface area contributed by atoms with Gasteiger partial charge in [0.15, 0.2) is 0 Å². The Hall–Kier alpha value is -0.990. The third-order valence-electron chi connectivity index (χ3n) is 3.60. The maximum Gasteiger partial charge on any atom is 0.410 e. The molecule has 3 rings (SSSR count). The summed E-state index contributed by atoms with van der Waals surface area (Å²) in [5.41, 5.74) is 1.04. The van der Waals surface area contributed by atoms with Crippen LogP contribution in [-0.2, 0) is 4.74 Å². The molecule has 0 radical (unpaired) electrons. The van der Waals surface area contributed by atoms with Gasteiger partial charge in [-0.1, -0.05) is 19.1 Å². The zero-order valence-electron chi connectivity index (χ0n) is 10.7. The van der Waals surface area contributed by atoms with Crippen LogP contribution in [0.15, 0.2) is 12.2 Å². The van der Waals surface area contributed by atoms with Crippen molar-refractivity contribution in [2.45, 2.75) is 39.7 Å². The Balaban J connectivity index is 1.99. The van der Waals surface area contributed by atoms with Crippen molar-refractivity contribution in [1.82, 2.24) is 4.90 Å². The Morgan fingerprint density at radius 1 is 1.56 bits per heavy atom. The lowest BCUT2D eigenvalue weighted by Crippen LogP contribution is -2.58. The molecule has 3 nitrogen and oxygen atoms in total. The van der Waals surface area contributed by atoms with Crippen LogP contribution in [0.3, 0.4) is 0 Å². The summed E-state index contributed by atoms with van der Waals surface area (Å²) in [6.45, 7) is 13.5. The van der Waals surface area contributed by atoms with Crippen LogP contribution in [0.1, 0.15) is 34.1 Å². The van der Waals surface area contributed by atoms with Crippen molar-refractivity contribution in [1.29, 1.82) is 0 Å². The summed E-state index contributed by atoms with van der Waals surface area (Å²) in [4.78, 5) is 13.7. The fraction of sp³-hybridized carbons (Fsp3) is 0.769. The van der Waals surface area contributed by atoms with E-state index in [1.54, 1.807) is 0 Å². The topological polar surface area (TPSA) is 29.5 Å². The van der Waals surface area contributed by atoms with Gasteiger partial charge in [0.25, 0.3) is 0 Å². The molecule has 0 N–H and O–H groups in total. The first-order chi connectivity index (χ1) is 7.21. The molecule has 2 saturated heterocycles. The second kappa shape index (κ2) is 3.25. The van der Waals surface area contributed by atoms with E-state index in [2.05, 4.69) is 13.5 Å². The Kier molecular flexibility index (Phi) is 2.34. The van der Waals surface area contributed by atoms with E-state index in [9.17, 15) is 4.79 Å². The average molecular weight is 223 g/mol. The van der Waals surface area contributed by atoms with Crippen molar-refractivity contribution in [3.63, 3.8) is 0 Å². The quantitative estimate of drug-likeness (QED) is 0.591. The first-order valence-electron chi connectivity index (χ1n) is 5.88. The van der Waals surface area contributed by atoms with Crippen LogP contribution in [0, 0.1) is 11.3 Å². The van der Waals surface area contributed by atoms with Gasteiger partial charge in [-0.05, 0) is 33.1 Å². The highest BCUT2D eigenvalue weighted by atomic mass is 16.6. The summed E-state index contributed by atoms with van der Waals surface area (Å²) in [5.74, 6) is 0.492. The number of nitrogens with zero attached hydrogens (tertiary/aromatic N) is 1. The number of ether oxygens (including phenoxy) is 1. The highest BCUT2D eigenvalue weighted by molar-refractivity contribution is 5.69. The van der Waals surface area contributed by atoms with Gasteiger partial charge in [-0.15, -0.1) is 0 Å². The number of carbonyl (C=O) groups excluding carboxylic acids is 1. The molecule has 3 fully saturated rings. The molecular weight excluding hydrogens is 202 g/mol. The third kappa shape index (κ3) is 1.83. The van der Waals surface area contributed by atoms with Crippen molar-refractivity contribution < 1.29 is 9.53 Å². The highest BCUT2D eigenvalue weighted by Gasteiger charge is 2.51. The monoisotopic (exact) mass is 223 g/mol. The zero-order valence-corrected chi connectivity index (χ0v) is 10.7. The lowest BCUT2D eigenvalue weighted by atomic mass is 9.56. The summed E-state index contributed by atoms with van der Waals surface area (Å²) in [6, 6.07) is 0. The molecule has 90 valence electrons. The number of amides is 1. The van der Waals surface area contributed by atoms with E-state index in [1.807, 2.05) is 25.7 Å². The summed E-state index contributed by atoms with van der Waals surface area (Å²) in [6.07, 6.45) is 0.987. The zero-order chi connectivity index (χ0) is 12.1. The van der Waals surface area contributed by atoms with Crippen LogP contribution in [0.25, 0.3) is 0 Å². The molecule has 0 aromatic rings. The highest BCUT2D eigenvalue weighted by Crippen LogP contribution is 2.53. The number of hydrogen-bond donors (Lipinski definition) is 0. The fourth-order valence-corrected chi connectivity index (χ4v) is 2.72. The van der Waals surface area contributed by atoms with Crippen molar-refractivity contribution in [3.05, 3.63) is 12.2 Å².